The zero-order valence-corrected chi connectivity index (χ0v) is 66.3. The minimum Gasteiger partial charge on any atom is -0.465 e. The molecule has 8 heterocycles. The third-order valence-corrected chi connectivity index (χ3v) is 26.7. The molecule has 0 bridgehead atoms. The van der Waals surface area contributed by atoms with Crippen LogP contribution in [-0.2, 0) is 51.6 Å². The molecule has 0 amide bonds. The van der Waals surface area contributed by atoms with Crippen molar-refractivity contribution >= 4 is 77.3 Å². The van der Waals surface area contributed by atoms with Crippen LogP contribution in [0.4, 0.5) is 15.4 Å². The molecule has 0 spiro atoms. The lowest BCUT2D eigenvalue weighted by molar-refractivity contribution is -0.142. The van der Waals surface area contributed by atoms with Crippen molar-refractivity contribution < 1.29 is 29.3 Å². The van der Waals surface area contributed by atoms with Gasteiger partial charge in [0.25, 0.3) is 0 Å². The number of thiazole rings is 3. The quantitative estimate of drug-likeness (QED) is 0.0584. The smallest absolute Gasteiger partial charge is 0.309 e. The molecule has 3 aliphatic carbocycles. The number of piperazine rings is 3. The molecule has 8 aliphatic rings. The zero-order chi connectivity index (χ0) is 71.2. The molecular weight excluding hydrogens is 1370 g/mol. The molecule has 5 aliphatic heterocycles. The second-order valence-electron chi connectivity index (χ2n) is 33.4. The number of fused-ring (bicyclic) bond motifs is 3. The number of nitrogens with zero attached hydrogens (tertiary/aromatic N) is 8. The third kappa shape index (κ3) is 18.3. The highest BCUT2D eigenvalue weighted by Crippen LogP contribution is 2.50. The van der Waals surface area contributed by atoms with Crippen LogP contribution in [0.5, 0.6) is 0 Å². The highest BCUT2D eigenvalue weighted by molar-refractivity contribution is 9.09. The van der Waals surface area contributed by atoms with E-state index in [0.29, 0.717) is 19.6 Å². The van der Waals surface area contributed by atoms with Gasteiger partial charge in [-0.1, -0.05) is 135 Å². The minimum absolute atomic E-state index is 0.00178. The molecule has 0 saturated carbocycles. The molecule has 3 aromatic carbocycles. The summed E-state index contributed by atoms with van der Waals surface area (Å²) >= 11 is 8.57. The van der Waals surface area contributed by atoms with Gasteiger partial charge in [0.1, 0.15) is 0 Å². The third-order valence-electron chi connectivity index (χ3n) is 23.6. The molecule has 15 nitrogen and oxygen atoms in total. The summed E-state index contributed by atoms with van der Waals surface area (Å²) in [7, 11) is 0. The maximum atomic E-state index is 11.7. The highest BCUT2D eigenvalue weighted by Gasteiger charge is 2.41. The average Bonchev–Trinajstić information content (AvgIpc) is 0.895. The van der Waals surface area contributed by atoms with Gasteiger partial charge in [0, 0.05) is 130 Å². The summed E-state index contributed by atoms with van der Waals surface area (Å²) in [6.07, 6.45) is 12.7. The molecule has 546 valence electrons. The van der Waals surface area contributed by atoms with Gasteiger partial charge < -0.3 is 39.7 Å². The Balaban J connectivity index is 0.000000143. The van der Waals surface area contributed by atoms with Crippen molar-refractivity contribution in [1.82, 2.24) is 30.1 Å². The number of aliphatic hydroxyl groups is 2. The number of alkyl halides is 1. The number of nitrogens with one attached hydrogen (secondary N) is 1. The first-order valence-corrected chi connectivity index (χ1v) is 41.3. The minimum atomic E-state index is -0.0190. The molecule has 0 radical (unpaired) electrons. The van der Waals surface area contributed by atoms with E-state index in [4.69, 9.17) is 29.5 Å². The van der Waals surface area contributed by atoms with E-state index in [2.05, 4.69) is 200 Å². The summed E-state index contributed by atoms with van der Waals surface area (Å²) < 4.78 is 9.86. The molecule has 3 N–H and O–H groups in total. The van der Waals surface area contributed by atoms with E-state index in [9.17, 15) is 14.7 Å². The molecule has 5 fully saturated rings. The predicted octanol–water partition coefficient (Wildman–Crippen LogP) is 15.8. The maximum absolute atomic E-state index is 11.7. The second-order valence-corrected chi connectivity index (χ2v) is 36.7. The molecule has 3 unspecified atom stereocenters. The average molecular weight is 1490 g/mol. The Morgan fingerprint density at radius 1 is 0.480 bits per heavy atom. The molecular formula is C81H116BrN9O6S3. The zero-order valence-electron chi connectivity index (χ0n) is 62.3. The number of hydrogen-bond acceptors (Lipinski definition) is 18. The first-order chi connectivity index (χ1) is 47.7. The van der Waals surface area contributed by atoms with Crippen LogP contribution in [0.25, 0.3) is 33.8 Å². The Morgan fingerprint density at radius 3 is 1.17 bits per heavy atom. The van der Waals surface area contributed by atoms with Gasteiger partial charge in [0.05, 0.1) is 42.1 Å². The molecule has 5 saturated heterocycles. The number of halogens is 1. The molecule has 3 atom stereocenters. The molecule has 14 rings (SSSR count). The SMILES string of the molecule is CC1(C)CCC(C)(C)c2cc(-c3csc(N4CCN(CCC(CO)CCO)CC4)n3)ccc21.CC1(C)CCC(C)(C)c2cc(-c3csc(N4CCN(CCC5CCOC5=O)CC4)n3)ccc21.CC1(C)CCC(C)(C)c2cc(-c3csc(N4CCNCC4)n3)ccc21.O=C1OCCC1CCBr. The first kappa shape index (κ1) is 76.3. The fourth-order valence-electron chi connectivity index (χ4n) is 16.0. The molecule has 3 aromatic heterocycles. The molecule has 19 heteroatoms. The van der Waals surface area contributed by atoms with E-state index in [1.165, 1.54) is 88.6 Å². The van der Waals surface area contributed by atoms with E-state index in [1.807, 2.05) is 0 Å². The van der Waals surface area contributed by atoms with Gasteiger partial charge in [0.2, 0.25) is 0 Å². The fraction of sp³-hybridized carbons (Fsp3) is 0.642. The highest BCUT2D eigenvalue weighted by atomic mass is 79.9. The van der Waals surface area contributed by atoms with Crippen LogP contribution < -0.4 is 20.0 Å². The van der Waals surface area contributed by atoms with Crippen molar-refractivity contribution in [3.8, 4) is 33.8 Å². The molecule has 100 heavy (non-hydrogen) atoms. The van der Waals surface area contributed by atoms with Gasteiger partial charge in [-0.25, -0.2) is 15.0 Å². The Hall–Kier alpha value is -4.83. The van der Waals surface area contributed by atoms with Gasteiger partial charge in [-0.3, -0.25) is 19.4 Å². The Kier molecular flexibility index (Phi) is 24.9. The van der Waals surface area contributed by atoms with Crippen molar-refractivity contribution in [3.63, 3.8) is 0 Å². The summed E-state index contributed by atoms with van der Waals surface area (Å²) in [4.78, 5) is 49.6. The Bertz CT molecular complexity index is 3700. The van der Waals surface area contributed by atoms with Crippen LogP contribution in [0.1, 0.15) is 194 Å². The van der Waals surface area contributed by atoms with Gasteiger partial charge in [-0.15, -0.1) is 34.0 Å². The monoisotopic (exact) mass is 1490 g/mol. The fourth-order valence-corrected chi connectivity index (χ4v) is 19.2. The Morgan fingerprint density at radius 2 is 0.830 bits per heavy atom. The largest absolute Gasteiger partial charge is 0.465 e. The number of aromatic nitrogens is 3. The summed E-state index contributed by atoms with van der Waals surface area (Å²) in [6, 6.07) is 21.1. The topological polar surface area (TPSA) is 160 Å². The number of rotatable bonds is 17. The number of esters is 2. The number of aliphatic hydroxyl groups excluding tert-OH is 2. The number of hydrogen-bond donors (Lipinski definition) is 3. The van der Waals surface area contributed by atoms with Crippen LogP contribution in [0.15, 0.2) is 70.7 Å². The maximum Gasteiger partial charge on any atom is 0.309 e. The van der Waals surface area contributed by atoms with E-state index in [1.54, 1.807) is 34.0 Å². The number of cyclic esters (lactones) is 2. The van der Waals surface area contributed by atoms with Gasteiger partial charge >= 0.3 is 11.9 Å². The van der Waals surface area contributed by atoms with Crippen LogP contribution in [0.3, 0.4) is 0 Å². The van der Waals surface area contributed by atoms with Crippen molar-refractivity contribution in [3.05, 3.63) is 104 Å². The summed E-state index contributed by atoms with van der Waals surface area (Å²) in [5.74, 6) is 0.468. The van der Waals surface area contributed by atoms with Crippen LogP contribution in [-0.4, -0.2) is 170 Å². The predicted molar refractivity (Wildman–Crippen MR) is 419 cm³/mol. The number of anilines is 3. The van der Waals surface area contributed by atoms with Crippen LogP contribution in [0.2, 0.25) is 0 Å². The van der Waals surface area contributed by atoms with Crippen molar-refractivity contribution in [1.29, 1.82) is 0 Å². The van der Waals surface area contributed by atoms with Crippen LogP contribution >= 0.6 is 49.9 Å². The second kappa shape index (κ2) is 32.7. The van der Waals surface area contributed by atoms with Gasteiger partial charge in [-0.2, -0.15) is 0 Å². The lowest BCUT2D eigenvalue weighted by Crippen LogP contribution is -2.47. The van der Waals surface area contributed by atoms with Crippen LogP contribution in [0, 0.1) is 17.8 Å². The number of carbonyl (C=O) groups is 2. The summed E-state index contributed by atoms with van der Waals surface area (Å²) in [5.41, 5.74) is 17.5. The van der Waals surface area contributed by atoms with Crippen molar-refractivity contribution in [2.24, 2.45) is 17.8 Å². The van der Waals surface area contributed by atoms with Gasteiger partial charge in [-0.05, 0) is 180 Å². The van der Waals surface area contributed by atoms with E-state index >= 15 is 0 Å². The molecule has 6 aromatic rings. The number of carbonyl (C=O) groups excluding carboxylic acids is 2. The van der Waals surface area contributed by atoms with Crippen molar-refractivity contribution in [2.45, 2.75) is 193 Å². The van der Waals surface area contributed by atoms with Crippen molar-refractivity contribution in [2.75, 3.05) is 138 Å². The lowest BCUT2D eigenvalue weighted by atomic mass is 9.63. The number of ether oxygens (including phenoxy) is 2. The van der Waals surface area contributed by atoms with E-state index < -0.39 is 0 Å². The lowest BCUT2D eigenvalue weighted by Gasteiger charge is -2.42. The first-order valence-electron chi connectivity index (χ1n) is 37.5. The standard InChI is InChI=1S/C27H37N3O2S.C27H41N3O2S.C21H29N3S.C6H9BrO2/c1-26(2)9-10-27(3,4)22-17-20(5-6-21(22)26)23-18-33-25(28-23)30-14-12-29(13-15-30)11-7-19-8-16-32-24(19)31;1-26(2)9-10-27(3,4)23-17-21(5-6-22(23)26)24-19-33-25(28-24)30-14-12-29(13-15-30)11-7-20(18-32)8-16-31;1-20(2)7-8-21(3,4)17-13-15(5-6-16(17)20)18-14-25-19(23-18)24-11-9-22-10-12-24;7-3-1-5-2-4-9-6(5)8/h5-6,17-19H,7-16H2,1-4H3;5-6,17,19-20,31-32H,7-16,18H2,1-4H3;5-6,13-14,22H,7-12H2,1-4H3;5H,1-4H2. The van der Waals surface area contributed by atoms with Gasteiger partial charge in [0.15, 0.2) is 15.4 Å². The van der Waals surface area contributed by atoms with E-state index in [-0.39, 0.29) is 75.4 Å². The normalized spacial score (nSPS) is 22.9. The summed E-state index contributed by atoms with van der Waals surface area (Å²) in [5, 5.41) is 32.9. The van der Waals surface area contributed by atoms with E-state index in [0.717, 1.165) is 162 Å². The summed E-state index contributed by atoms with van der Waals surface area (Å²) in [6.45, 7) is 44.3. The number of benzene rings is 3. The Labute approximate surface area is 618 Å².